The molecule has 0 atom stereocenters. The first-order valence-electron chi connectivity index (χ1n) is 7.60. The number of rotatable bonds is 3. The fourth-order valence-electron chi connectivity index (χ4n) is 2.64. The lowest BCUT2D eigenvalue weighted by Crippen LogP contribution is -2.35. The van der Waals surface area contributed by atoms with E-state index in [4.69, 9.17) is 18.6 Å². The van der Waals surface area contributed by atoms with Gasteiger partial charge in [-0.1, -0.05) is 30.3 Å². The van der Waals surface area contributed by atoms with Gasteiger partial charge in [0.05, 0.1) is 13.2 Å². The number of hydrogen-bond acceptors (Lipinski definition) is 5. The molecule has 1 aliphatic rings. The van der Waals surface area contributed by atoms with Crippen molar-refractivity contribution >= 4 is 11.1 Å². The summed E-state index contributed by atoms with van der Waals surface area (Å²) in [5.74, 6) is 1.37. The fraction of sp³-hybridized carbons (Fsp3) is 0.278. The lowest BCUT2D eigenvalue weighted by atomic mass is 10.2. The number of ether oxygens (including phenoxy) is 3. The highest BCUT2D eigenvalue weighted by molar-refractivity contribution is 5.74. The van der Waals surface area contributed by atoms with Crippen LogP contribution in [0.25, 0.3) is 11.1 Å². The summed E-state index contributed by atoms with van der Waals surface area (Å²) in [5, 5.41) is 0. The molecule has 0 saturated carbocycles. The first-order valence-corrected chi connectivity index (χ1v) is 7.60. The highest BCUT2D eigenvalue weighted by Gasteiger charge is 2.24. The lowest BCUT2D eigenvalue weighted by molar-refractivity contribution is -0.215. The Hall–Kier alpha value is -2.37. The van der Waals surface area contributed by atoms with Gasteiger partial charge in [-0.2, -0.15) is 0 Å². The smallest absolute Gasteiger partial charge is 0.192 e. The van der Waals surface area contributed by atoms with Gasteiger partial charge in [0.15, 0.2) is 17.8 Å². The summed E-state index contributed by atoms with van der Waals surface area (Å²) >= 11 is 0. The van der Waals surface area contributed by atoms with Crippen LogP contribution < -0.4 is 4.74 Å². The minimum atomic E-state index is -0.324. The van der Waals surface area contributed by atoms with E-state index in [2.05, 4.69) is 4.98 Å². The molecule has 5 heteroatoms. The molecular formula is C18H17NO4. The Morgan fingerprint density at radius 2 is 1.83 bits per heavy atom. The molecule has 1 fully saturated rings. The van der Waals surface area contributed by atoms with Gasteiger partial charge in [-0.15, -0.1) is 0 Å². The molecule has 23 heavy (non-hydrogen) atoms. The van der Waals surface area contributed by atoms with Crippen LogP contribution in [0.5, 0.6) is 5.75 Å². The second-order valence-corrected chi connectivity index (χ2v) is 5.51. The Bertz CT molecular complexity index is 791. The van der Waals surface area contributed by atoms with Gasteiger partial charge in [-0.3, -0.25) is 0 Å². The molecule has 2 aromatic carbocycles. The van der Waals surface area contributed by atoms with Crippen LogP contribution in [0.2, 0.25) is 0 Å². The first kappa shape index (κ1) is 14.2. The maximum atomic E-state index is 5.92. The predicted molar refractivity (Wildman–Crippen MR) is 84.2 cm³/mol. The summed E-state index contributed by atoms with van der Waals surface area (Å²) < 4.78 is 23.0. The third-order valence-corrected chi connectivity index (χ3v) is 3.71. The lowest BCUT2D eigenvalue weighted by Gasteiger charge is -2.29. The Morgan fingerprint density at radius 1 is 1.04 bits per heavy atom. The fourth-order valence-corrected chi connectivity index (χ4v) is 2.64. The van der Waals surface area contributed by atoms with Crippen molar-refractivity contribution in [2.24, 2.45) is 0 Å². The molecule has 1 aromatic heterocycles. The van der Waals surface area contributed by atoms with E-state index in [0.29, 0.717) is 19.1 Å². The number of benzene rings is 2. The van der Waals surface area contributed by atoms with Crippen LogP contribution in [0.15, 0.2) is 52.9 Å². The number of fused-ring (bicyclic) bond motifs is 1. The average molecular weight is 311 g/mol. The molecule has 0 unspecified atom stereocenters. The van der Waals surface area contributed by atoms with Gasteiger partial charge < -0.3 is 18.6 Å². The molecule has 3 aromatic rings. The molecule has 4 rings (SSSR count). The molecule has 2 heterocycles. The van der Waals surface area contributed by atoms with Crippen molar-refractivity contribution in [3.63, 3.8) is 0 Å². The van der Waals surface area contributed by atoms with E-state index in [1.54, 1.807) is 0 Å². The normalized spacial score (nSPS) is 21.4. The van der Waals surface area contributed by atoms with Gasteiger partial charge >= 0.3 is 0 Å². The largest absolute Gasteiger partial charge is 0.485 e. The zero-order chi connectivity index (χ0) is 15.6. The van der Waals surface area contributed by atoms with Gasteiger partial charge in [0.25, 0.3) is 0 Å². The van der Waals surface area contributed by atoms with Crippen molar-refractivity contribution in [1.29, 1.82) is 0 Å². The van der Waals surface area contributed by atoms with Crippen LogP contribution in [0.1, 0.15) is 17.7 Å². The van der Waals surface area contributed by atoms with Crippen LogP contribution in [0, 0.1) is 6.92 Å². The minimum absolute atomic E-state index is 0.142. The Labute approximate surface area is 133 Å². The van der Waals surface area contributed by atoms with Crippen molar-refractivity contribution in [3.05, 3.63) is 60.0 Å². The molecule has 118 valence electrons. The maximum absolute atomic E-state index is 5.92. The third kappa shape index (κ3) is 3.06. The zero-order valence-electron chi connectivity index (χ0n) is 12.8. The van der Waals surface area contributed by atoms with E-state index >= 15 is 0 Å². The van der Waals surface area contributed by atoms with E-state index < -0.39 is 0 Å². The Morgan fingerprint density at radius 3 is 2.61 bits per heavy atom. The van der Waals surface area contributed by atoms with Crippen LogP contribution >= 0.6 is 0 Å². The number of oxazole rings is 1. The van der Waals surface area contributed by atoms with E-state index in [1.165, 1.54) is 0 Å². The van der Waals surface area contributed by atoms with Gasteiger partial charge in [-0.05, 0) is 12.1 Å². The molecule has 0 radical (unpaired) electrons. The average Bonchev–Trinajstić information content (AvgIpc) is 2.96. The highest BCUT2D eigenvalue weighted by atomic mass is 16.7. The summed E-state index contributed by atoms with van der Waals surface area (Å²) in [6.45, 7) is 2.78. The molecular weight excluding hydrogens is 294 g/mol. The molecule has 1 saturated heterocycles. The zero-order valence-corrected chi connectivity index (χ0v) is 12.8. The minimum Gasteiger partial charge on any atom is -0.485 e. The standard InChI is InChI=1S/C18H17NO4/c1-12-19-16-8-7-14(9-17(16)22-12)23-15-10-20-18(21-11-15)13-5-3-2-4-6-13/h2-9,15,18H,10-11H2,1H3/t15-,18-. The molecule has 0 spiro atoms. The Kier molecular flexibility index (Phi) is 3.73. The van der Waals surface area contributed by atoms with Crippen LogP contribution in [0.4, 0.5) is 0 Å². The van der Waals surface area contributed by atoms with Crippen molar-refractivity contribution in [2.75, 3.05) is 13.2 Å². The SMILES string of the molecule is Cc1nc2ccc(O[C@H]3CO[C@H](c4ccccc4)OC3)cc2o1. The molecule has 0 aliphatic carbocycles. The summed E-state index contributed by atoms with van der Waals surface area (Å²) in [6.07, 6.45) is -0.466. The van der Waals surface area contributed by atoms with Crippen molar-refractivity contribution < 1.29 is 18.6 Å². The molecule has 1 aliphatic heterocycles. The first-order chi connectivity index (χ1) is 11.3. The monoisotopic (exact) mass is 311 g/mol. The van der Waals surface area contributed by atoms with Gasteiger partial charge in [0.2, 0.25) is 0 Å². The predicted octanol–water partition coefficient (Wildman–Crippen LogP) is 3.63. The molecule has 0 amide bonds. The van der Waals surface area contributed by atoms with Crippen LogP contribution in [0.3, 0.4) is 0 Å². The van der Waals surface area contributed by atoms with E-state index in [-0.39, 0.29) is 12.4 Å². The van der Waals surface area contributed by atoms with Crippen LogP contribution in [-0.2, 0) is 9.47 Å². The van der Waals surface area contributed by atoms with Crippen molar-refractivity contribution in [1.82, 2.24) is 4.98 Å². The molecule has 0 bridgehead atoms. The second kappa shape index (κ2) is 6.02. The van der Waals surface area contributed by atoms with Gasteiger partial charge in [0.1, 0.15) is 17.4 Å². The summed E-state index contributed by atoms with van der Waals surface area (Å²) in [7, 11) is 0. The highest BCUT2D eigenvalue weighted by Crippen LogP contribution is 2.26. The van der Waals surface area contributed by atoms with Crippen molar-refractivity contribution in [3.8, 4) is 5.75 Å². The Balaban J connectivity index is 1.40. The van der Waals surface area contributed by atoms with E-state index in [9.17, 15) is 0 Å². The molecule has 0 N–H and O–H groups in total. The number of aryl methyl sites for hydroxylation is 1. The maximum Gasteiger partial charge on any atom is 0.192 e. The number of nitrogens with zero attached hydrogens (tertiary/aromatic N) is 1. The number of aromatic nitrogens is 1. The van der Waals surface area contributed by atoms with E-state index in [1.807, 2.05) is 55.5 Å². The summed E-state index contributed by atoms with van der Waals surface area (Å²) in [6, 6.07) is 15.5. The summed E-state index contributed by atoms with van der Waals surface area (Å²) in [5.41, 5.74) is 2.57. The number of hydrogen-bond donors (Lipinski definition) is 0. The topological polar surface area (TPSA) is 53.7 Å². The summed E-state index contributed by atoms with van der Waals surface area (Å²) in [4.78, 5) is 4.27. The van der Waals surface area contributed by atoms with Gasteiger partial charge in [-0.25, -0.2) is 4.98 Å². The third-order valence-electron chi connectivity index (χ3n) is 3.71. The van der Waals surface area contributed by atoms with Gasteiger partial charge in [0, 0.05) is 18.6 Å². The van der Waals surface area contributed by atoms with E-state index in [0.717, 1.165) is 22.4 Å². The quantitative estimate of drug-likeness (QED) is 0.739. The molecule has 5 nitrogen and oxygen atoms in total. The van der Waals surface area contributed by atoms with Crippen LogP contribution in [-0.4, -0.2) is 24.3 Å². The second-order valence-electron chi connectivity index (χ2n) is 5.51. The van der Waals surface area contributed by atoms with Crippen molar-refractivity contribution in [2.45, 2.75) is 19.3 Å².